The summed E-state index contributed by atoms with van der Waals surface area (Å²) in [6.45, 7) is 2.23. The maximum Gasteiger partial charge on any atom is 0.417 e. The summed E-state index contributed by atoms with van der Waals surface area (Å²) < 4.78 is 40.2. The second kappa shape index (κ2) is 6.22. The summed E-state index contributed by atoms with van der Waals surface area (Å²) in [6, 6.07) is 6.50. The Balaban J connectivity index is 1.78. The van der Waals surface area contributed by atoms with Gasteiger partial charge in [-0.05, 0) is 30.2 Å². The Bertz CT molecular complexity index is 1180. The van der Waals surface area contributed by atoms with Crippen LogP contribution in [0.5, 0.6) is 0 Å². The molecule has 0 aliphatic rings. The zero-order chi connectivity index (χ0) is 20.1. The Morgan fingerprint density at radius 2 is 1.93 bits per heavy atom. The van der Waals surface area contributed by atoms with E-state index in [1.165, 1.54) is 4.68 Å². The van der Waals surface area contributed by atoms with Gasteiger partial charge in [-0.2, -0.15) is 18.2 Å². The summed E-state index contributed by atoms with van der Waals surface area (Å²) in [6.07, 6.45) is -3.61. The molecule has 0 saturated heterocycles. The molecule has 28 heavy (non-hydrogen) atoms. The van der Waals surface area contributed by atoms with Gasteiger partial charge in [0.2, 0.25) is 5.95 Å². The van der Waals surface area contributed by atoms with E-state index in [-0.39, 0.29) is 22.9 Å². The average molecular weight is 388 g/mol. The minimum absolute atomic E-state index is 0.0947. The number of benzene rings is 1. The van der Waals surface area contributed by atoms with E-state index in [1.54, 1.807) is 6.07 Å². The van der Waals surface area contributed by atoms with Crippen molar-refractivity contribution in [3.8, 4) is 11.4 Å². The molecule has 0 amide bonds. The molecule has 144 valence electrons. The van der Waals surface area contributed by atoms with Crippen LogP contribution in [0.2, 0.25) is 0 Å². The largest absolute Gasteiger partial charge is 0.417 e. The lowest BCUT2D eigenvalue weighted by Crippen LogP contribution is -2.06. The zero-order valence-corrected chi connectivity index (χ0v) is 14.6. The van der Waals surface area contributed by atoms with Crippen LogP contribution in [0.4, 0.5) is 24.8 Å². The van der Waals surface area contributed by atoms with Crippen LogP contribution >= 0.6 is 0 Å². The Morgan fingerprint density at radius 1 is 1.14 bits per heavy atom. The predicted octanol–water partition coefficient (Wildman–Crippen LogP) is 2.76. The summed E-state index contributed by atoms with van der Waals surface area (Å²) in [5, 5.41) is 8.12. The lowest BCUT2D eigenvalue weighted by atomic mass is 10.1. The highest BCUT2D eigenvalue weighted by atomic mass is 19.4. The standard InChI is InChI=1S/C17H15F3N8/c1-8-4-9(2-3-11(8)21)7-28-15-14(26-27-28)13(24-16(22)25-15)12-5-10(6-23-12)17(18,19)20/h2-6,23H,7,21H2,1H3,(H2,22,24,25). The number of fused-ring (bicyclic) bond motifs is 1. The SMILES string of the molecule is Cc1cc(Cn2nnc3c(-c4cc(C(F)(F)F)c[nH]4)nc(N)nc32)ccc1N. The van der Waals surface area contributed by atoms with Crippen molar-refractivity contribution in [3.05, 3.63) is 47.2 Å². The van der Waals surface area contributed by atoms with E-state index in [9.17, 15) is 13.2 Å². The fourth-order valence-electron chi connectivity index (χ4n) is 2.87. The minimum Gasteiger partial charge on any atom is -0.399 e. The molecule has 0 saturated carbocycles. The van der Waals surface area contributed by atoms with Gasteiger partial charge in [0.25, 0.3) is 0 Å². The molecule has 8 nitrogen and oxygen atoms in total. The molecule has 4 aromatic rings. The summed E-state index contributed by atoms with van der Waals surface area (Å²) in [7, 11) is 0. The van der Waals surface area contributed by atoms with Crippen LogP contribution in [-0.2, 0) is 12.7 Å². The number of hydrogen-bond donors (Lipinski definition) is 3. The maximum absolute atomic E-state index is 12.9. The van der Waals surface area contributed by atoms with Gasteiger partial charge in [-0.25, -0.2) is 9.67 Å². The van der Waals surface area contributed by atoms with Gasteiger partial charge >= 0.3 is 6.18 Å². The molecule has 0 radical (unpaired) electrons. The van der Waals surface area contributed by atoms with Crippen molar-refractivity contribution in [2.75, 3.05) is 11.5 Å². The van der Waals surface area contributed by atoms with Crippen LogP contribution in [0.1, 0.15) is 16.7 Å². The van der Waals surface area contributed by atoms with Gasteiger partial charge in [-0.3, -0.25) is 0 Å². The van der Waals surface area contributed by atoms with Crippen LogP contribution in [0.25, 0.3) is 22.6 Å². The molecule has 1 aromatic carbocycles. The van der Waals surface area contributed by atoms with Gasteiger partial charge in [-0.15, -0.1) is 5.10 Å². The summed E-state index contributed by atoms with van der Waals surface area (Å²) in [4.78, 5) is 10.8. The molecule has 0 unspecified atom stereocenters. The Kier molecular flexibility index (Phi) is 3.95. The van der Waals surface area contributed by atoms with E-state index in [1.807, 2.05) is 19.1 Å². The number of anilines is 2. The fraction of sp³-hybridized carbons (Fsp3) is 0.176. The van der Waals surface area contributed by atoms with E-state index in [4.69, 9.17) is 11.5 Å². The van der Waals surface area contributed by atoms with Crippen LogP contribution in [0.3, 0.4) is 0 Å². The van der Waals surface area contributed by atoms with E-state index in [0.717, 1.165) is 23.4 Å². The third-order valence-corrected chi connectivity index (χ3v) is 4.31. The topological polar surface area (TPSA) is 124 Å². The van der Waals surface area contributed by atoms with Gasteiger partial charge in [0, 0.05) is 11.9 Å². The number of nitrogens with zero attached hydrogens (tertiary/aromatic N) is 5. The molecule has 0 bridgehead atoms. The first-order valence-electron chi connectivity index (χ1n) is 8.20. The van der Waals surface area contributed by atoms with Crippen molar-refractivity contribution < 1.29 is 13.2 Å². The van der Waals surface area contributed by atoms with Crippen LogP contribution < -0.4 is 11.5 Å². The first kappa shape index (κ1) is 17.8. The Morgan fingerprint density at radius 3 is 2.61 bits per heavy atom. The zero-order valence-electron chi connectivity index (χ0n) is 14.6. The van der Waals surface area contributed by atoms with Crippen molar-refractivity contribution in [1.82, 2.24) is 29.9 Å². The number of nitrogens with two attached hydrogens (primary N) is 2. The molecule has 0 atom stereocenters. The van der Waals surface area contributed by atoms with E-state index in [0.29, 0.717) is 17.9 Å². The highest BCUT2D eigenvalue weighted by Crippen LogP contribution is 2.33. The molecule has 0 aliphatic heterocycles. The lowest BCUT2D eigenvalue weighted by molar-refractivity contribution is -0.137. The fourth-order valence-corrected chi connectivity index (χ4v) is 2.87. The molecule has 4 rings (SSSR count). The number of alkyl halides is 3. The highest BCUT2D eigenvalue weighted by molar-refractivity contribution is 5.86. The van der Waals surface area contributed by atoms with Crippen LogP contribution in [0, 0.1) is 6.92 Å². The molecule has 0 fully saturated rings. The number of aromatic amines is 1. The molecular formula is C17H15F3N8. The first-order chi connectivity index (χ1) is 13.2. The van der Waals surface area contributed by atoms with Crippen molar-refractivity contribution in [3.63, 3.8) is 0 Å². The number of nitrogen functional groups attached to an aromatic ring is 2. The third kappa shape index (κ3) is 3.10. The minimum atomic E-state index is -4.48. The third-order valence-electron chi connectivity index (χ3n) is 4.31. The normalized spacial score (nSPS) is 12.0. The molecule has 3 aromatic heterocycles. The Labute approximate surface area is 156 Å². The van der Waals surface area contributed by atoms with Gasteiger partial charge in [0.1, 0.15) is 5.69 Å². The van der Waals surface area contributed by atoms with Crippen molar-refractivity contribution in [2.24, 2.45) is 0 Å². The van der Waals surface area contributed by atoms with Gasteiger partial charge in [0.15, 0.2) is 11.2 Å². The van der Waals surface area contributed by atoms with Crippen LogP contribution in [0.15, 0.2) is 30.5 Å². The van der Waals surface area contributed by atoms with Gasteiger partial charge < -0.3 is 16.5 Å². The van der Waals surface area contributed by atoms with Gasteiger partial charge in [-0.1, -0.05) is 17.3 Å². The number of aryl methyl sites for hydroxylation is 1. The molecular weight excluding hydrogens is 373 g/mol. The maximum atomic E-state index is 12.9. The van der Waals surface area contributed by atoms with Gasteiger partial charge in [0.05, 0.1) is 17.8 Å². The van der Waals surface area contributed by atoms with Crippen molar-refractivity contribution in [1.29, 1.82) is 0 Å². The van der Waals surface area contributed by atoms with E-state index >= 15 is 0 Å². The number of hydrogen-bond acceptors (Lipinski definition) is 6. The number of aromatic nitrogens is 6. The smallest absolute Gasteiger partial charge is 0.399 e. The molecule has 5 N–H and O–H groups in total. The average Bonchev–Trinajstić information content (AvgIpc) is 3.25. The first-order valence-corrected chi connectivity index (χ1v) is 8.20. The Hall–Kier alpha value is -3.63. The summed E-state index contributed by atoms with van der Waals surface area (Å²) in [5.41, 5.74) is 14.1. The van der Waals surface area contributed by atoms with Crippen molar-refractivity contribution in [2.45, 2.75) is 19.6 Å². The number of nitrogens with one attached hydrogen (secondary N) is 1. The number of H-pyrrole nitrogens is 1. The monoisotopic (exact) mass is 388 g/mol. The van der Waals surface area contributed by atoms with Crippen LogP contribution in [-0.4, -0.2) is 29.9 Å². The quantitative estimate of drug-likeness (QED) is 0.464. The predicted molar refractivity (Wildman–Crippen MR) is 97.0 cm³/mol. The highest BCUT2D eigenvalue weighted by Gasteiger charge is 2.32. The molecule has 0 aliphatic carbocycles. The second-order valence-corrected chi connectivity index (χ2v) is 6.34. The summed E-state index contributed by atoms with van der Waals surface area (Å²) in [5.74, 6) is -0.0947. The lowest BCUT2D eigenvalue weighted by Gasteiger charge is -2.06. The number of halogens is 3. The van der Waals surface area contributed by atoms with E-state index < -0.39 is 11.7 Å². The second-order valence-electron chi connectivity index (χ2n) is 6.34. The summed E-state index contributed by atoms with van der Waals surface area (Å²) >= 11 is 0. The van der Waals surface area contributed by atoms with E-state index in [2.05, 4.69) is 25.3 Å². The molecule has 3 heterocycles. The van der Waals surface area contributed by atoms with Crippen molar-refractivity contribution >= 4 is 22.8 Å². The molecule has 0 spiro atoms. The number of rotatable bonds is 3. The molecule has 11 heteroatoms.